The van der Waals surface area contributed by atoms with Crippen molar-refractivity contribution in [3.05, 3.63) is 64.1 Å². The van der Waals surface area contributed by atoms with Crippen molar-refractivity contribution in [3.63, 3.8) is 0 Å². The van der Waals surface area contributed by atoms with Crippen LogP contribution in [-0.4, -0.2) is 36.3 Å². The standard InChI is InChI=1S/C24H27N3O5S/c1-26-21-12-11-18(14-22(21)32-24(26)29)33(30,31)27-13-5-8-17(15-27)23(28)25-20-10-4-7-16-6-2-3-9-19(16)20/h2-3,6,9,11-12,14,17,20H,4-5,7-8,10,13,15H2,1H3,(H,25,28)/t17-,20-/m1/s1. The molecule has 1 aliphatic carbocycles. The highest BCUT2D eigenvalue weighted by Crippen LogP contribution is 2.31. The summed E-state index contributed by atoms with van der Waals surface area (Å²) in [6.45, 7) is 0.495. The summed E-state index contributed by atoms with van der Waals surface area (Å²) in [5.41, 5.74) is 3.19. The van der Waals surface area contributed by atoms with Gasteiger partial charge in [0.15, 0.2) is 5.58 Å². The minimum absolute atomic E-state index is 0.0298. The molecule has 0 radical (unpaired) electrons. The van der Waals surface area contributed by atoms with Gasteiger partial charge < -0.3 is 9.73 Å². The van der Waals surface area contributed by atoms with E-state index < -0.39 is 21.7 Å². The van der Waals surface area contributed by atoms with Crippen LogP contribution in [0.15, 0.2) is 56.6 Å². The van der Waals surface area contributed by atoms with Crippen LogP contribution in [0.25, 0.3) is 11.1 Å². The minimum Gasteiger partial charge on any atom is -0.408 e. The molecule has 0 spiro atoms. The zero-order chi connectivity index (χ0) is 23.2. The van der Waals surface area contributed by atoms with Crippen molar-refractivity contribution in [1.82, 2.24) is 14.2 Å². The summed E-state index contributed by atoms with van der Waals surface area (Å²) in [7, 11) is -2.25. The van der Waals surface area contributed by atoms with E-state index >= 15 is 0 Å². The van der Waals surface area contributed by atoms with Gasteiger partial charge in [-0.15, -0.1) is 0 Å². The number of nitrogens with zero attached hydrogens (tertiary/aromatic N) is 2. The van der Waals surface area contributed by atoms with Crippen LogP contribution in [0.5, 0.6) is 0 Å². The highest BCUT2D eigenvalue weighted by molar-refractivity contribution is 7.89. The van der Waals surface area contributed by atoms with Crippen molar-refractivity contribution < 1.29 is 17.6 Å². The van der Waals surface area contributed by atoms with Crippen molar-refractivity contribution in [2.45, 2.75) is 43.0 Å². The number of fused-ring (bicyclic) bond motifs is 2. The SMILES string of the molecule is Cn1c(=O)oc2cc(S(=O)(=O)N3CCC[C@@H](C(=O)N[C@@H]4CCCc5ccccc54)C3)ccc21. The number of hydrogen-bond donors (Lipinski definition) is 1. The van der Waals surface area contributed by atoms with Crippen LogP contribution in [0.2, 0.25) is 0 Å². The molecule has 1 N–H and O–H groups in total. The van der Waals surface area contributed by atoms with Gasteiger partial charge in [-0.25, -0.2) is 13.2 Å². The molecule has 2 aromatic carbocycles. The molecule has 1 fully saturated rings. The van der Waals surface area contributed by atoms with Gasteiger partial charge in [0.1, 0.15) is 0 Å². The Morgan fingerprint density at radius 3 is 2.79 bits per heavy atom. The van der Waals surface area contributed by atoms with Crippen LogP contribution in [-0.2, 0) is 28.3 Å². The molecule has 9 heteroatoms. The van der Waals surface area contributed by atoms with Crippen LogP contribution in [0.4, 0.5) is 0 Å². The minimum atomic E-state index is -3.82. The van der Waals surface area contributed by atoms with Gasteiger partial charge in [-0.1, -0.05) is 24.3 Å². The number of aryl methyl sites for hydroxylation is 2. The number of carbonyl (C=O) groups is 1. The highest BCUT2D eigenvalue weighted by atomic mass is 32.2. The number of rotatable bonds is 4. The molecule has 5 rings (SSSR count). The van der Waals surface area contributed by atoms with Crippen LogP contribution >= 0.6 is 0 Å². The number of oxazole rings is 1. The average molecular weight is 470 g/mol. The summed E-state index contributed by atoms with van der Waals surface area (Å²) in [6, 6.07) is 12.6. The normalized spacial score (nSPS) is 21.6. The van der Waals surface area contributed by atoms with Crippen LogP contribution < -0.4 is 11.1 Å². The lowest BCUT2D eigenvalue weighted by molar-refractivity contribution is -0.127. The van der Waals surface area contributed by atoms with Crippen molar-refractivity contribution in [3.8, 4) is 0 Å². The van der Waals surface area contributed by atoms with E-state index in [2.05, 4.69) is 17.4 Å². The Hall–Kier alpha value is -2.91. The molecule has 1 saturated heterocycles. The Balaban J connectivity index is 1.33. The Kier molecular flexibility index (Phi) is 5.62. The molecule has 1 aromatic heterocycles. The number of nitrogens with one attached hydrogen (secondary N) is 1. The van der Waals surface area contributed by atoms with Gasteiger partial charge in [0, 0.05) is 26.2 Å². The van der Waals surface area contributed by atoms with E-state index in [1.807, 2.05) is 12.1 Å². The van der Waals surface area contributed by atoms with Gasteiger partial charge >= 0.3 is 5.76 Å². The molecule has 2 heterocycles. The third-order valence-electron chi connectivity index (χ3n) is 6.84. The number of sulfonamides is 1. The number of amides is 1. The molecule has 8 nitrogen and oxygen atoms in total. The second-order valence-corrected chi connectivity index (χ2v) is 10.8. The molecule has 3 aromatic rings. The largest absolute Gasteiger partial charge is 0.419 e. The van der Waals surface area contributed by atoms with Crippen LogP contribution in [0.3, 0.4) is 0 Å². The lowest BCUT2D eigenvalue weighted by atomic mass is 9.87. The fourth-order valence-corrected chi connectivity index (χ4v) is 6.53. The van der Waals surface area contributed by atoms with Gasteiger partial charge in [0.05, 0.1) is 22.4 Å². The maximum Gasteiger partial charge on any atom is 0.419 e. The van der Waals surface area contributed by atoms with E-state index in [9.17, 15) is 18.0 Å². The van der Waals surface area contributed by atoms with Crippen LogP contribution in [0.1, 0.15) is 42.9 Å². The summed E-state index contributed by atoms with van der Waals surface area (Å²) in [6.07, 6.45) is 4.19. The number of carbonyl (C=O) groups excluding carboxylic acids is 1. The van der Waals surface area contributed by atoms with Gasteiger partial charge in [-0.2, -0.15) is 4.31 Å². The first-order valence-electron chi connectivity index (χ1n) is 11.3. The first-order chi connectivity index (χ1) is 15.8. The quantitative estimate of drug-likeness (QED) is 0.633. The number of aromatic nitrogens is 1. The molecule has 2 aliphatic rings. The van der Waals surface area contributed by atoms with Gasteiger partial charge in [-0.05, 0) is 55.4 Å². The number of piperidine rings is 1. The Labute approximate surface area is 192 Å². The van der Waals surface area contributed by atoms with E-state index in [-0.39, 0.29) is 29.0 Å². The maximum absolute atomic E-state index is 13.3. The molecule has 0 unspecified atom stereocenters. The fraction of sp³-hybridized carbons (Fsp3) is 0.417. The summed E-state index contributed by atoms with van der Waals surface area (Å²) in [5.74, 6) is -1.04. The topological polar surface area (TPSA) is 102 Å². The second-order valence-electron chi connectivity index (χ2n) is 8.91. The Bertz CT molecular complexity index is 1370. The van der Waals surface area contributed by atoms with E-state index in [4.69, 9.17) is 4.42 Å². The van der Waals surface area contributed by atoms with E-state index in [1.54, 1.807) is 13.1 Å². The van der Waals surface area contributed by atoms with E-state index in [1.165, 1.54) is 26.6 Å². The zero-order valence-corrected chi connectivity index (χ0v) is 19.3. The van der Waals surface area contributed by atoms with Crippen LogP contribution in [0, 0.1) is 5.92 Å². The smallest absolute Gasteiger partial charge is 0.408 e. The molecule has 33 heavy (non-hydrogen) atoms. The monoisotopic (exact) mass is 469 g/mol. The molecular formula is C24H27N3O5S. The van der Waals surface area contributed by atoms with Crippen molar-refractivity contribution in [2.75, 3.05) is 13.1 Å². The van der Waals surface area contributed by atoms with Gasteiger partial charge in [0.2, 0.25) is 15.9 Å². The van der Waals surface area contributed by atoms with E-state index in [0.717, 1.165) is 24.8 Å². The summed E-state index contributed by atoms with van der Waals surface area (Å²) in [4.78, 5) is 24.9. The summed E-state index contributed by atoms with van der Waals surface area (Å²) in [5, 5.41) is 3.18. The first kappa shape index (κ1) is 21.9. The molecule has 0 saturated carbocycles. The molecule has 0 bridgehead atoms. The highest BCUT2D eigenvalue weighted by Gasteiger charge is 2.35. The molecule has 1 aliphatic heterocycles. The number of hydrogen-bond acceptors (Lipinski definition) is 5. The molecule has 1 amide bonds. The summed E-state index contributed by atoms with van der Waals surface area (Å²) >= 11 is 0. The molecule has 2 atom stereocenters. The van der Waals surface area contributed by atoms with Crippen molar-refractivity contribution in [1.29, 1.82) is 0 Å². The molecular weight excluding hydrogens is 442 g/mol. The fourth-order valence-electron chi connectivity index (χ4n) is 4.99. The van der Waals surface area contributed by atoms with Crippen molar-refractivity contribution in [2.24, 2.45) is 13.0 Å². The zero-order valence-electron chi connectivity index (χ0n) is 18.5. The van der Waals surface area contributed by atoms with Crippen molar-refractivity contribution >= 4 is 27.0 Å². The van der Waals surface area contributed by atoms with Gasteiger partial charge in [-0.3, -0.25) is 9.36 Å². The third kappa shape index (κ3) is 4.00. The number of benzene rings is 2. The maximum atomic E-state index is 13.3. The Morgan fingerprint density at radius 1 is 1.12 bits per heavy atom. The third-order valence-corrected chi connectivity index (χ3v) is 8.70. The predicted octanol–water partition coefficient (Wildman–Crippen LogP) is 2.73. The first-order valence-corrected chi connectivity index (χ1v) is 12.8. The average Bonchev–Trinajstić information content (AvgIpc) is 3.12. The Morgan fingerprint density at radius 2 is 1.94 bits per heavy atom. The van der Waals surface area contributed by atoms with Gasteiger partial charge in [0.25, 0.3) is 0 Å². The molecule has 174 valence electrons. The lowest BCUT2D eigenvalue weighted by Gasteiger charge is -2.33. The predicted molar refractivity (Wildman–Crippen MR) is 123 cm³/mol. The lowest BCUT2D eigenvalue weighted by Crippen LogP contribution is -2.46. The van der Waals surface area contributed by atoms with E-state index in [0.29, 0.717) is 24.9 Å². The summed E-state index contributed by atoms with van der Waals surface area (Å²) < 4.78 is 34.5. The second kappa shape index (κ2) is 8.46.